The molecular weight excluding hydrogens is 373 g/mol. The Morgan fingerprint density at radius 2 is 1.85 bits per heavy atom. The van der Waals surface area contributed by atoms with Crippen molar-refractivity contribution in [2.24, 2.45) is 5.41 Å². The summed E-state index contributed by atoms with van der Waals surface area (Å²) in [6.07, 6.45) is 1.90. The topological polar surface area (TPSA) is 52.7 Å². The zero-order valence-electron chi connectivity index (χ0n) is 15.1. The van der Waals surface area contributed by atoms with Gasteiger partial charge < -0.3 is 15.1 Å². The second-order valence-electron chi connectivity index (χ2n) is 7.05. The highest BCUT2D eigenvalue weighted by molar-refractivity contribution is 6.35. The minimum atomic E-state index is -0.835. The lowest BCUT2D eigenvalue weighted by molar-refractivity contribution is -0.145. The van der Waals surface area contributed by atoms with E-state index < -0.39 is 5.41 Å². The molecule has 2 amide bonds. The fourth-order valence-electron chi connectivity index (χ4n) is 3.44. The molecule has 142 valence electrons. The Bertz CT molecular complexity index is 683. The molecule has 0 aromatic heterocycles. The number of hydrogen-bond acceptors (Lipinski definition) is 3. The second kappa shape index (κ2) is 8.15. The van der Waals surface area contributed by atoms with Crippen molar-refractivity contribution in [3.63, 3.8) is 0 Å². The first-order valence-corrected chi connectivity index (χ1v) is 9.96. The summed E-state index contributed by atoms with van der Waals surface area (Å²) in [7, 11) is 0. The van der Waals surface area contributed by atoms with E-state index in [1.165, 1.54) is 0 Å². The molecule has 26 heavy (non-hydrogen) atoms. The van der Waals surface area contributed by atoms with Crippen molar-refractivity contribution < 1.29 is 9.59 Å². The lowest BCUT2D eigenvalue weighted by Crippen LogP contribution is -2.53. The molecule has 0 unspecified atom stereocenters. The van der Waals surface area contributed by atoms with Gasteiger partial charge in [-0.1, -0.05) is 36.2 Å². The fraction of sp³-hybridized carbons (Fsp3) is 0.579. The van der Waals surface area contributed by atoms with E-state index >= 15 is 0 Å². The van der Waals surface area contributed by atoms with Crippen LogP contribution < -0.4 is 5.32 Å². The SMILES string of the molecule is CCN1CCN(C(=O)C2(C(=O)NCCc3ccc(Cl)cc3Cl)CC2)CC1. The maximum atomic E-state index is 12.9. The minimum absolute atomic E-state index is 0.00437. The van der Waals surface area contributed by atoms with Gasteiger partial charge in [0.2, 0.25) is 11.8 Å². The zero-order valence-corrected chi connectivity index (χ0v) is 16.6. The van der Waals surface area contributed by atoms with E-state index in [4.69, 9.17) is 23.2 Å². The molecule has 1 aliphatic heterocycles. The molecule has 0 spiro atoms. The number of piperazine rings is 1. The van der Waals surface area contributed by atoms with Gasteiger partial charge in [-0.2, -0.15) is 0 Å². The van der Waals surface area contributed by atoms with E-state index in [-0.39, 0.29) is 11.8 Å². The van der Waals surface area contributed by atoms with E-state index in [0.717, 1.165) is 25.2 Å². The van der Waals surface area contributed by atoms with Crippen LogP contribution in [0.2, 0.25) is 10.0 Å². The Labute approximate surface area is 164 Å². The predicted octanol–water partition coefficient (Wildman–Crippen LogP) is 2.60. The van der Waals surface area contributed by atoms with Gasteiger partial charge in [-0.05, 0) is 43.5 Å². The van der Waals surface area contributed by atoms with Gasteiger partial charge >= 0.3 is 0 Å². The molecule has 1 saturated carbocycles. The van der Waals surface area contributed by atoms with Crippen molar-refractivity contribution in [1.29, 1.82) is 0 Å². The van der Waals surface area contributed by atoms with Gasteiger partial charge in [0, 0.05) is 42.8 Å². The van der Waals surface area contributed by atoms with Gasteiger partial charge in [-0.15, -0.1) is 0 Å². The van der Waals surface area contributed by atoms with Crippen molar-refractivity contribution in [2.45, 2.75) is 26.2 Å². The first-order chi connectivity index (χ1) is 12.5. The van der Waals surface area contributed by atoms with Crippen molar-refractivity contribution in [3.05, 3.63) is 33.8 Å². The van der Waals surface area contributed by atoms with Crippen molar-refractivity contribution in [2.75, 3.05) is 39.3 Å². The number of nitrogens with zero attached hydrogens (tertiary/aromatic N) is 2. The number of rotatable bonds is 6. The molecule has 0 atom stereocenters. The Kier molecular flexibility index (Phi) is 6.10. The van der Waals surface area contributed by atoms with E-state index in [9.17, 15) is 9.59 Å². The summed E-state index contributed by atoms with van der Waals surface area (Å²) in [5, 5.41) is 4.11. The van der Waals surface area contributed by atoms with Crippen LogP contribution in [0.5, 0.6) is 0 Å². The number of likely N-dealkylation sites (N-methyl/N-ethyl adjacent to an activating group) is 1. The van der Waals surface area contributed by atoms with Gasteiger partial charge in [-0.25, -0.2) is 0 Å². The van der Waals surface area contributed by atoms with E-state index in [1.54, 1.807) is 12.1 Å². The first-order valence-electron chi connectivity index (χ1n) is 9.20. The molecule has 1 heterocycles. The number of amides is 2. The van der Waals surface area contributed by atoms with Gasteiger partial charge in [0.25, 0.3) is 0 Å². The summed E-state index contributed by atoms with van der Waals surface area (Å²) in [5.74, 6) is -0.152. The fourth-order valence-corrected chi connectivity index (χ4v) is 3.94. The van der Waals surface area contributed by atoms with Crippen LogP contribution in [0.4, 0.5) is 0 Å². The van der Waals surface area contributed by atoms with Gasteiger partial charge in [0.1, 0.15) is 5.41 Å². The van der Waals surface area contributed by atoms with Crippen molar-refractivity contribution in [3.8, 4) is 0 Å². The first kappa shape index (κ1) is 19.5. The molecule has 2 aliphatic rings. The van der Waals surface area contributed by atoms with Crippen molar-refractivity contribution >= 4 is 35.0 Å². The number of carbonyl (C=O) groups is 2. The molecule has 2 fully saturated rings. The number of nitrogens with one attached hydrogen (secondary N) is 1. The monoisotopic (exact) mass is 397 g/mol. The standard InChI is InChI=1S/C19H25Cl2N3O2/c1-2-23-9-11-24(12-10-23)18(26)19(6-7-19)17(25)22-8-5-14-3-4-15(20)13-16(14)21/h3-4,13H,2,5-12H2,1H3,(H,22,25). The normalized spacial score (nSPS) is 19.3. The van der Waals surface area contributed by atoms with Crippen LogP contribution in [-0.2, 0) is 16.0 Å². The average molecular weight is 398 g/mol. The Morgan fingerprint density at radius 1 is 1.15 bits per heavy atom. The largest absolute Gasteiger partial charge is 0.355 e. The zero-order chi connectivity index (χ0) is 18.7. The number of halogens is 2. The summed E-state index contributed by atoms with van der Waals surface area (Å²) in [4.78, 5) is 29.7. The van der Waals surface area contributed by atoms with E-state index in [0.29, 0.717) is 48.9 Å². The van der Waals surface area contributed by atoms with E-state index in [1.807, 2.05) is 11.0 Å². The molecule has 7 heteroatoms. The van der Waals surface area contributed by atoms with Crippen LogP contribution >= 0.6 is 23.2 Å². The van der Waals surface area contributed by atoms with Crippen molar-refractivity contribution in [1.82, 2.24) is 15.1 Å². The molecule has 3 rings (SSSR count). The summed E-state index contributed by atoms with van der Waals surface area (Å²) in [6.45, 7) is 6.77. The van der Waals surface area contributed by atoms with Crippen LogP contribution in [-0.4, -0.2) is 60.9 Å². The molecule has 1 aromatic carbocycles. The summed E-state index contributed by atoms with van der Waals surface area (Å²) < 4.78 is 0. The Balaban J connectivity index is 1.51. The highest BCUT2D eigenvalue weighted by Crippen LogP contribution is 2.47. The third-order valence-corrected chi connectivity index (χ3v) is 5.98. The van der Waals surface area contributed by atoms with E-state index in [2.05, 4.69) is 17.1 Å². The molecule has 1 saturated heterocycles. The predicted molar refractivity (Wildman–Crippen MR) is 104 cm³/mol. The third-order valence-electron chi connectivity index (χ3n) is 5.40. The average Bonchev–Trinajstić information content (AvgIpc) is 3.45. The maximum Gasteiger partial charge on any atom is 0.238 e. The Morgan fingerprint density at radius 3 is 2.42 bits per heavy atom. The van der Waals surface area contributed by atoms with Crippen LogP contribution in [0.1, 0.15) is 25.3 Å². The highest BCUT2D eigenvalue weighted by Gasteiger charge is 2.57. The molecule has 1 N–H and O–H groups in total. The number of carbonyl (C=O) groups excluding carboxylic acids is 2. The lowest BCUT2D eigenvalue weighted by atomic mass is 10.0. The van der Waals surface area contributed by atoms with Crippen LogP contribution in [0.25, 0.3) is 0 Å². The Hall–Kier alpha value is -1.30. The molecular formula is C19H25Cl2N3O2. The van der Waals surface area contributed by atoms with Crippen LogP contribution in [0, 0.1) is 5.41 Å². The number of hydrogen-bond donors (Lipinski definition) is 1. The van der Waals surface area contributed by atoms with Crippen LogP contribution in [0.3, 0.4) is 0 Å². The van der Waals surface area contributed by atoms with Crippen LogP contribution in [0.15, 0.2) is 18.2 Å². The van der Waals surface area contributed by atoms with Gasteiger partial charge in [0.15, 0.2) is 0 Å². The molecule has 5 nitrogen and oxygen atoms in total. The third kappa shape index (κ3) is 4.16. The smallest absolute Gasteiger partial charge is 0.238 e. The quantitative estimate of drug-likeness (QED) is 0.750. The molecule has 0 radical (unpaired) electrons. The molecule has 0 bridgehead atoms. The molecule has 1 aromatic rings. The molecule has 1 aliphatic carbocycles. The summed E-state index contributed by atoms with van der Waals surface area (Å²) in [5.41, 5.74) is 0.0984. The maximum absolute atomic E-state index is 12.9. The highest BCUT2D eigenvalue weighted by atomic mass is 35.5. The second-order valence-corrected chi connectivity index (χ2v) is 7.89. The minimum Gasteiger partial charge on any atom is -0.355 e. The van der Waals surface area contributed by atoms with Gasteiger partial charge in [0.05, 0.1) is 0 Å². The summed E-state index contributed by atoms with van der Waals surface area (Å²) in [6, 6.07) is 5.34. The lowest BCUT2D eigenvalue weighted by Gasteiger charge is -2.35. The summed E-state index contributed by atoms with van der Waals surface area (Å²) >= 11 is 12.1. The number of benzene rings is 1. The van der Waals surface area contributed by atoms with Gasteiger partial charge in [-0.3, -0.25) is 9.59 Å².